The molecule has 1 aromatic heterocycles. The molecule has 0 bridgehead atoms. The zero-order valence-corrected chi connectivity index (χ0v) is 10.9. The number of anilines is 2. The van der Waals surface area contributed by atoms with Crippen LogP contribution in [0.1, 0.15) is 18.4 Å². The number of nitrogens with one attached hydrogen (secondary N) is 1. The summed E-state index contributed by atoms with van der Waals surface area (Å²) in [5, 5.41) is 15.2. The maximum Gasteiger partial charge on any atom is 0.139 e. The van der Waals surface area contributed by atoms with Gasteiger partial charge in [-0.15, -0.1) is 0 Å². The highest BCUT2D eigenvalue weighted by Crippen LogP contribution is 2.25. The fraction of sp³-hybridized carbons (Fsp3) is 0.188. The highest BCUT2D eigenvalue weighted by atomic mass is 16.3. The van der Waals surface area contributed by atoms with Gasteiger partial charge >= 0.3 is 0 Å². The van der Waals surface area contributed by atoms with Gasteiger partial charge in [-0.05, 0) is 48.7 Å². The van der Waals surface area contributed by atoms with E-state index in [9.17, 15) is 5.11 Å². The quantitative estimate of drug-likeness (QED) is 0.805. The number of aromatic nitrogens is 1. The third-order valence-corrected chi connectivity index (χ3v) is 3.30. The Morgan fingerprint density at radius 1 is 1.16 bits per heavy atom. The number of fused-ring (bicyclic) bond motifs is 1. The highest BCUT2D eigenvalue weighted by Gasteiger charge is 2.05. The molecule has 3 nitrogen and oxygen atoms in total. The van der Waals surface area contributed by atoms with Gasteiger partial charge in [0.15, 0.2) is 0 Å². The Kier molecular flexibility index (Phi) is 2.95. The number of para-hydroxylation sites is 2. The molecule has 1 aliphatic carbocycles. The van der Waals surface area contributed by atoms with Gasteiger partial charge in [0.2, 0.25) is 0 Å². The summed E-state index contributed by atoms with van der Waals surface area (Å²) in [7, 11) is 0. The fourth-order valence-electron chi connectivity index (χ4n) is 2.27. The first-order valence-corrected chi connectivity index (χ1v) is 6.47. The molecule has 0 radical (unpaired) electrons. The first-order chi connectivity index (χ1) is 9.24. The SMILES string of the molecule is Cc1cc2c(nc1Nc1ccccc1O)=CCCC=2. The summed E-state index contributed by atoms with van der Waals surface area (Å²) in [6, 6.07) is 9.33. The van der Waals surface area contributed by atoms with Crippen molar-refractivity contribution in [2.45, 2.75) is 19.8 Å². The lowest BCUT2D eigenvalue weighted by Gasteiger charge is -2.11. The second-order valence-corrected chi connectivity index (χ2v) is 4.76. The van der Waals surface area contributed by atoms with E-state index in [1.54, 1.807) is 12.1 Å². The van der Waals surface area contributed by atoms with Crippen molar-refractivity contribution < 1.29 is 5.11 Å². The molecule has 0 fully saturated rings. The third-order valence-electron chi connectivity index (χ3n) is 3.30. The Morgan fingerprint density at radius 3 is 2.79 bits per heavy atom. The van der Waals surface area contributed by atoms with Gasteiger partial charge in [-0.25, -0.2) is 4.98 Å². The summed E-state index contributed by atoms with van der Waals surface area (Å²) < 4.78 is 0. The Bertz CT molecular complexity index is 735. The molecule has 19 heavy (non-hydrogen) atoms. The van der Waals surface area contributed by atoms with Crippen molar-refractivity contribution in [2.75, 3.05) is 5.32 Å². The van der Waals surface area contributed by atoms with E-state index in [0.29, 0.717) is 5.69 Å². The van der Waals surface area contributed by atoms with Gasteiger partial charge < -0.3 is 10.4 Å². The summed E-state index contributed by atoms with van der Waals surface area (Å²) >= 11 is 0. The number of phenols is 1. The zero-order chi connectivity index (χ0) is 13.2. The van der Waals surface area contributed by atoms with Crippen LogP contribution in [0.3, 0.4) is 0 Å². The summed E-state index contributed by atoms with van der Waals surface area (Å²) in [4.78, 5) is 4.64. The number of hydrogen-bond acceptors (Lipinski definition) is 3. The molecule has 1 heterocycles. The number of benzene rings is 1. The van der Waals surface area contributed by atoms with Crippen molar-refractivity contribution in [3.63, 3.8) is 0 Å². The number of aromatic hydroxyl groups is 1. The Morgan fingerprint density at radius 2 is 1.95 bits per heavy atom. The number of pyridine rings is 1. The molecule has 2 N–H and O–H groups in total. The van der Waals surface area contributed by atoms with Crippen LogP contribution in [0.15, 0.2) is 30.3 Å². The van der Waals surface area contributed by atoms with Gasteiger partial charge in [0.25, 0.3) is 0 Å². The predicted molar refractivity (Wildman–Crippen MR) is 77.8 cm³/mol. The maximum absolute atomic E-state index is 9.80. The lowest BCUT2D eigenvalue weighted by atomic mass is 10.1. The molecule has 2 aromatic rings. The van der Waals surface area contributed by atoms with Gasteiger partial charge in [0, 0.05) is 0 Å². The number of nitrogens with zero attached hydrogens (tertiary/aromatic N) is 1. The Balaban J connectivity index is 2.05. The fourth-order valence-corrected chi connectivity index (χ4v) is 2.27. The molecular weight excluding hydrogens is 236 g/mol. The number of rotatable bonds is 2. The van der Waals surface area contributed by atoms with Crippen molar-refractivity contribution in [2.24, 2.45) is 0 Å². The number of hydrogen-bond donors (Lipinski definition) is 2. The van der Waals surface area contributed by atoms with Crippen LogP contribution in [0.25, 0.3) is 12.2 Å². The molecule has 0 spiro atoms. The molecule has 0 amide bonds. The van der Waals surface area contributed by atoms with Crippen LogP contribution in [0.2, 0.25) is 0 Å². The minimum absolute atomic E-state index is 0.233. The van der Waals surface area contributed by atoms with Gasteiger partial charge in [0.05, 0.1) is 11.0 Å². The van der Waals surface area contributed by atoms with Crippen molar-refractivity contribution >= 4 is 23.7 Å². The maximum atomic E-state index is 9.80. The standard InChI is InChI=1S/C16H16N2O/c1-11-10-12-6-2-3-7-13(12)17-16(11)18-14-8-4-5-9-15(14)19/h4-10,19H,2-3H2,1H3,(H,17,18). The lowest BCUT2D eigenvalue weighted by molar-refractivity contribution is 0.477. The first-order valence-electron chi connectivity index (χ1n) is 6.47. The first kappa shape index (κ1) is 11.8. The molecule has 96 valence electrons. The van der Waals surface area contributed by atoms with Crippen LogP contribution < -0.4 is 15.9 Å². The summed E-state index contributed by atoms with van der Waals surface area (Å²) in [5.41, 5.74) is 1.76. The normalized spacial score (nSPS) is 13.1. The molecule has 0 unspecified atom stereocenters. The van der Waals surface area contributed by atoms with Crippen LogP contribution in [0.4, 0.5) is 11.5 Å². The van der Waals surface area contributed by atoms with E-state index < -0.39 is 0 Å². The van der Waals surface area contributed by atoms with Crippen LogP contribution in [-0.2, 0) is 0 Å². The largest absolute Gasteiger partial charge is 0.506 e. The molecule has 1 aromatic carbocycles. The summed E-state index contributed by atoms with van der Waals surface area (Å²) in [6.45, 7) is 2.03. The smallest absolute Gasteiger partial charge is 0.139 e. The third kappa shape index (κ3) is 2.32. The van der Waals surface area contributed by atoms with Gasteiger partial charge in [-0.2, -0.15) is 0 Å². The Labute approximate surface area is 111 Å². The van der Waals surface area contributed by atoms with Crippen LogP contribution >= 0.6 is 0 Å². The van der Waals surface area contributed by atoms with Crippen LogP contribution in [0, 0.1) is 6.92 Å². The van der Waals surface area contributed by atoms with E-state index in [-0.39, 0.29) is 5.75 Å². The second-order valence-electron chi connectivity index (χ2n) is 4.76. The average molecular weight is 252 g/mol. The summed E-state index contributed by atoms with van der Waals surface area (Å²) in [5.74, 6) is 1.03. The number of aryl methyl sites for hydroxylation is 1. The van der Waals surface area contributed by atoms with Crippen molar-refractivity contribution in [3.05, 3.63) is 46.5 Å². The van der Waals surface area contributed by atoms with E-state index in [0.717, 1.165) is 29.6 Å². The van der Waals surface area contributed by atoms with E-state index in [1.807, 2.05) is 19.1 Å². The summed E-state index contributed by atoms with van der Waals surface area (Å²) in [6.07, 6.45) is 6.50. The molecule has 3 heteroatoms. The number of phenolic OH excluding ortho intramolecular Hbond substituents is 1. The van der Waals surface area contributed by atoms with E-state index in [2.05, 4.69) is 28.5 Å². The Hall–Kier alpha value is -2.29. The van der Waals surface area contributed by atoms with Crippen molar-refractivity contribution in [1.29, 1.82) is 0 Å². The monoisotopic (exact) mass is 252 g/mol. The van der Waals surface area contributed by atoms with Gasteiger partial charge in [0.1, 0.15) is 11.6 Å². The molecule has 0 saturated heterocycles. The molecule has 3 rings (SSSR count). The minimum atomic E-state index is 0.233. The van der Waals surface area contributed by atoms with E-state index in [1.165, 1.54) is 5.22 Å². The van der Waals surface area contributed by atoms with Gasteiger partial charge in [-0.1, -0.05) is 24.3 Å². The minimum Gasteiger partial charge on any atom is -0.506 e. The second kappa shape index (κ2) is 4.76. The predicted octanol–water partition coefficient (Wildman–Crippen LogP) is 2.19. The zero-order valence-electron chi connectivity index (χ0n) is 10.9. The lowest BCUT2D eigenvalue weighted by Crippen LogP contribution is -2.31. The molecule has 1 aliphatic rings. The van der Waals surface area contributed by atoms with Crippen molar-refractivity contribution in [3.8, 4) is 5.75 Å². The topological polar surface area (TPSA) is 45.2 Å². The van der Waals surface area contributed by atoms with Crippen molar-refractivity contribution in [1.82, 2.24) is 4.98 Å². The molecule has 0 aliphatic heterocycles. The van der Waals surface area contributed by atoms with E-state index >= 15 is 0 Å². The molecular formula is C16H16N2O. The van der Waals surface area contributed by atoms with Crippen LogP contribution in [0.5, 0.6) is 5.75 Å². The van der Waals surface area contributed by atoms with E-state index in [4.69, 9.17) is 0 Å². The molecule has 0 atom stereocenters. The van der Waals surface area contributed by atoms with Crippen LogP contribution in [-0.4, -0.2) is 10.1 Å². The molecule has 0 saturated carbocycles. The van der Waals surface area contributed by atoms with Gasteiger partial charge in [-0.3, -0.25) is 0 Å². The highest BCUT2D eigenvalue weighted by molar-refractivity contribution is 5.65. The average Bonchev–Trinajstić information content (AvgIpc) is 2.42.